The van der Waals surface area contributed by atoms with Gasteiger partial charge in [-0.25, -0.2) is 0 Å². The number of carbonyl (C=O) groups excluding carboxylic acids is 2. The van der Waals surface area contributed by atoms with Crippen LogP contribution in [0.4, 0.5) is 0 Å². The molecule has 0 aromatic carbocycles. The van der Waals surface area contributed by atoms with Crippen LogP contribution in [0, 0.1) is 0 Å². The summed E-state index contributed by atoms with van der Waals surface area (Å²) >= 11 is 0. The molecule has 0 aromatic heterocycles. The Kier molecular flexibility index (Phi) is 21.1. The molecule has 0 aliphatic carbocycles. The molecule has 0 rings (SSSR count). The molecular weight excluding hydrogens is 321 g/mol. The van der Waals surface area contributed by atoms with Crippen LogP contribution in [-0.4, -0.2) is 24.6 Å². The van der Waals surface area contributed by atoms with Gasteiger partial charge in [0.05, 0.1) is 6.61 Å². The maximum atomic E-state index is 11.5. The molecule has 0 spiro atoms. The molecule has 0 heterocycles. The van der Waals surface area contributed by atoms with Crippen LogP contribution < -0.4 is 62.2 Å². The number of unbranched alkanes of at least 4 members (excludes halogenated alkanes) is 9. The molecule has 2 N–H and O–H groups in total. The molecule has 0 aromatic rings. The van der Waals surface area contributed by atoms with Gasteiger partial charge in [-0.1, -0.05) is 64.7 Å². The van der Waals surface area contributed by atoms with Crippen LogP contribution in [0.3, 0.4) is 0 Å². The summed E-state index contributed by atoms with van der Waals surface area (Å²) in [6.07, 6.45) is 12.1. The van der Waals surface area contributed by atoms with E-state index in [1.165, 1.54) is 51.4 Å². The third-order valence-corrected chi connectivity index (χ3v) is 3.70. The monoisotopic (exact) mass is 353 g/mol. The van der Waals surface area contributed by atoms with Gasteiger partial charge in [0.2, 0.25) is 0 Å². The van der Waals surface area contributed by atoms with E-state index in [1.54, 1.807) is 0 Å². The molecule has 0 radical (unpaired) electrons. The Labute approximate surface area is 183 Å². The number of carbonyl (C=O) groups is 2. The van der Waals surface area contributed by atoms with Gasteiger partial charge in [-0.2, -0.15) is 0 Å². The Balaban J connectivity index is 0. The van der Waals surface area contributed by atoms with Gasteiger partial charge in [0.1, 0.15) is 6.04 Å². The molecule has 0 unspecified atom stereocenters. The van der Waals surface area contributed by atoms with E-state index in [2.05, 4.69) is 6.92 Å². The molecule has 1 atom stereocenters. The summed E-state index contributed by atoms with van der Waals surface area (Å²) in [6, 6.07) is -0.860. The van der Waals surface area contributed by atoms with Crippen LogP contribution in [-0.2, 0) is 14.3 Å². The summed E-state index contributed by atoms with van der Waals surface area (Å²) in [5, 5.41) is 10.3. The Morgan fingerprint density at radius 2 is 1.43 bits per heavy atom. The van der Waals surface area contributed by atoms with Crippen LogP contribution in [0.5, 0.6) is 0 Å². The zero-order valence-corrected chi connectivity index (χ0v) is 18.1. The summed E-state index contributed by atoms with van der Waals surface area (Å²) in [4.78, 5) is 21.7. The minimum atomic E-state index is -1.20. The fourth-order valence-corrected chi connectivity index (χ4v) is 2.26. The number of hydrogen-bond acceptors (Lipinski definition) is 5. The fraction of sp³-hybridized carbons (Fsp3) is 0.882. The van der Waals surface area contributed by atoms with Gasteiger partial charge in [-0.3, -0.25) is 4.79 Å². The molecule has 0 aliphatic heterocycles. The van der Waals surface area contributed by atoms with Crippen LogP contribution in [0.2, 0.25) is 0 Å². The van der Waals surface area contributed by atoms with Gasteiger partial charge in [0, 0.05) is 5.97 Å². The molecule has 0 saturated carbocycles. The summed E-state index contributed by atoms with van der Waals surface area (Å²) in [7, 11) is 0. The minimum Gasteiger partial charge on any atom is -0.550 e. The molecule has 5 nitrogen and oxygen atoms in total. The quantitative estimate of drug-likeness (QED) is 0.239. The first-order valence-electron chi connectivity index (χ1n) is 8.70. The normalized spacial score (nSPS) is 11.6. The number of hydrogen-bond donors (Lipinski definition) is 1. The molecule has 0 fully saturated rings. The van der Waals surface area contributed by atoms with E-state index in [0.717, 1.165) is 12.8 Å². The van der Waals surface area contributed by atoms with E-state index in [-0.39, 0.29) is 64.2 Å². The number of carboxylic acids is 1. The zero-order chi connectivity index (χ0) is 16.6. The van der Waals surface area contributed by atoms with Gasteiger partial charge >= 0.3 is 57.4 Å². The first-order chi connectivity index (χ1) is 10.6. The molecule has 0 amide bonds. The van der Waals surface area contributed by atoms with Crippen molar-refractivity contribution < 1.29 is 70.8 Å². The molecule has 0 bridgehead atoms. The first kappa shape index (κ1) is 25.8. The number of rotatable bonds is 15. The number of carboxylic acid groups (broad SMARTS) is 1. The smallest absolute Gasteiger partial charge is 0.550 e. The van der Waals surface area contributed by atoms with Crippen molar-refractivity contribution in [3.63, 3.8) is 0 Å². The largest absolute Gasteiger partial charge is 1.00 e. The second-order valence-corrected chi connectivity index (χ2v) is 5.87. The van der Waals surface area contributed by atoms with Gasteiger partial charge in [-0.15, -0.1) is 0 Å². The van der Waals surface area contributed by atoms with E-state index in [0.29, 0.717) is 6.61 Å². The second kappa shape index (κ2) is 18.9. The standard InChI is InChI=1S/C17H33NO4.K/c1-2-3-4-5-6-7-8-9-10-11-14-22-17(21)15(18)12-13-16(19)20;/h15H,2-14,18H2,1H3,(H,19,20);/q;+1/p-1/t15-;/m0./s1. The SMILES string of the molecule is CCCCCCCCCCCCOC(=O)[C@@H](N)CCC(=O)[O-].[K+]. The molecule has 130 valence electrons. The average Bonchev–Trinajstić information content (AvgIpc) is 2.49. The third-order valence-electron chi connectivity index (χ3n) is 3.70. The summed E-state index contributed by atoms with van der Waals surface area (Å²) < 4.78 is 5.03. The van der Waals surface area contributed by atoms with Gasteiger partial charge in [0.15, 0.2) is 0 Å². The Hall–Kier alpha value is 0.536. The maximum Gasteiger partial charge on any atom is 1.00 e. The van der Waals surface area contributed by atoms with Crippen molar-refractivity contribution >= 4 is 11.9 Å². The average molecular weight is 354 g/mol. The Morgan fingerprint density at radius 1 is 0.957 bits per heavy atom. The Morgan fingerprint density at radius 3 is 1.91 bits per heavy atom. The Bertz CT molecular complexity index is 300. The van der Waals surface area contributed by atoms with Gasteiger partial charge < -0.3 is 20.4 Å². The van der Waals surface area contributed by atoms with Crippen molar-refractivity contribution in [3.05, 3.63) is 0 Å². The van der Waals surface area contributed by atoms with Crippen molar-refractivity contribution in [2.24, 2.45) is 5.73 Å². The van der Waals surface area contributed by atoms with Crippen LogP contribution >= 0.6 is 0 Å². The van der Waals surface area contributed by atoms with Crippen molar-refractivity contribution in [1.29, 1.82) is 0 Å². The zero-order valence-electron chi connectivity index (χ0n) is 15.0. The minimum absolute atomic E-state index is 0. The predicted molar refractivity (Wildman–Crippen MR) is 85.0 cm³/mol. The summed E-state index contributed by atoms with van der Waals surface area (Å²) in [6.45, 7) is 2.59. The number of esters is 1. The topological polar surface area (TPSA) is 92.5 Å². The maximum absolute atomic E-state index is 11.5. The van der Waals surface area contributed by atoms with Crippen LogP contribution in [0.15, 0.2) is 0 Å². The second-order valence-electron chi connectivity index (χ2n) is 5.87. The number of aliphatic carboxylic acids is 1. The molecular formula is C17H32KNO4. The molecule has 23 heavy (non-hydrogen) atoms. The first-order valence-corrected chi connectivity index (χ1v) is 8.70. The van der Waals surface area contributed by atoms with E-state index in [9.17, 15) is 14.7 Å². The van der Waals surface area contributed by atoms with Crippen molar-refractivity contribution in [2.45, 2.75) is 90.0 Å². The van der Waals surface area contributed by atoms with E-state index in [1.807, 2.05) is 0 Å². The number of nitrogens with two attached hydrogens (primary N) is 1. The van der Waals surface area contributed by atoms with Crippen LogP contribution in [0.25, 0.3) is 0 Å². The molecule has 0 aliphatic rings. The van der Waals surface area contributed by atoms with Crippen molar-refractivity contribution in [2.75, 3.05) is 6.61 Å². The third kappa shape index (κ3) is 18.7. The van der Waals surface area contributed by atoms with E-state index >= 15 is 0 Å². The van der Waals surface area contributed by atoms with Gasteiger partial charge in [-0.05, 0) is 19.3 Å². The molecule has 0 saturated heterocycles. The van der Waals surface area contributed by atoms with Crippen molar-refractivity contribution in [3.8, 4) is 0 Å². The van der Waals surface area contributed by atoms with E-state index in [4.69, 9.17) is 10.5 Å². The molecule has 6 heteroatoms. The predicted octanol–water partition coefficient (Wildman–Crippen LogP) is -0.688. The summed E-state index contributed by atoms with van der Waals surface area (Å²) in [5.74, 6) is -1.71. The fourth-order valence-electron chi connectivity index (χ4n) is 2.26. The number of ether oxygens (including phenoxy) is 1. The van der Waals surface area contributed by atoms with Crippen molar-refractivity contribution in [1.82, 2.24) is 0 Å². The summed E-state index contributed by atoms with van der Waals surface area (Å²) in [5.41, 5.74) is 5.53. The van der Waals surface area contributed by atoms with E-state index < -0.39 is 18.0 Å². The van der Waals surface area contributed by atoms with Crippen LogP contribution in [0.1, 0.15) is 84.0 Å². The van der Waals surface area contributed by atoms with Gasteiger partial charge in [0.25, 0.3) is 0 Å².